The monoisotopic (exact) mass is 602 g/mol. The fraction of sp³-hybridized carbons (Fsp3) is 0.273. The number of fused-ring (bicyclic) bond motifs is 11. The van der Waals surface area contributed by atoms with Crippen LogP contribution in [0.3, 0.4) is 0 Å². The van der Waals surface area contributed by atoms with Crippen molar-refractivity contribution < 1.29 is 0 Å². The molecule has 0 N–H and O–H groups in total. The Labute approximate surface area is 255 Å². The molecule has 0 bridgehead atoms. The van der Waals surface area contributed by atoms with Crippen LogP contribution in [0.1, 0.15) is 71.2 Å². The van der Waals surface area contributed by atoms with Crippen LogP contribution < -0.4 is 0 Å². The van der Waals surface area contributed by atoms with Crippen molar-refractivity contribution in [3.63, 3.8) is 0 Å². The van der Waals surface area contributed by atoms with E-state index >= 15 is 0 Å². The van der Waals surface area contributed by atoms with Gasteiger partial charge in [0.1, 0.15) is 0 Å². The smallest absolute Gasteiger partial charge is 0.226 e. The maximum absolute atomic E-state index is 9.94. The van der Waals surface area contributed by atoms with Gasteiger partial charge in [-0.05, 0) is 58.7 Å². The van der Waals surface area contributed by atoms with Crippen LogP contribution in [0.5, 0.6) is 0 Å². The van der Waals surface area contributed by atoms with Crippen molar-refractivity contribution in [1.82, 2.24) is 0 Å². The van der Waals surface area contributed by atoms with Crippen molar-refractivity contribution in [3.05, 3.63) is 87.8 Å². The number of nitriles is 2. The topological polar surface area (TPSA) is 56.3 Å². The third-order valence-electron chi connectivity index (χ3n) is 8.18. The van der Waals surface area contributed by atoms with E-state index in [1.54, 1.807) is 45.3 Å². The molecule has 4 heterocycles. The molecule has 0 amide bonds. The third-order valence-corrected chi connectivity index (χ3v) is 12.6. The van der Waals surface area contributed by atoms with E-state index in [0.29, 0.717) is 11.8 Å². The van der Waals surface area contributed by atoms with Crippen LogP contribution in [-0.2, 0) is 5.41 Å². The minimum atomic E-state index is -0.264. The normalized spacial score (nSPS) is 17.1. The fourth-order valence-corrected chi connectivity index (χ4v) is 12.4. The van der Waals surface area contributed by atoms with E-state index < -0.39 is 0 Å². The Hall–Kier alpha value is -3.76. The summed E-state index contributed by atoms with van der Waals surface area (Å²) >= 11 is 6.68. The van der Waals surface area contributed by atoms with Crippen LogP contribution in [0.2, 0.25) is 0 Å². The van der Waals surface area contributed by atoms with Gasteiger partial charge in [0.15, 0.2) is 0 Å². The SMILES string of the molecule is [C-]#[N+]/C(C#N)=C1/c2sccc2-c2c1sc1c2C(CC(C)C)(CC(C)C)c2c-1sc1c2-c2ccsc2/C1=C(/C#N)[N+]#[C-]. The quantitative estimate of drug-likeness (QED) is 0.149. The Morgan fingerprint density at radius 1 is 0.732 bits per heavy atom. The molecule has 7 rings (SSSR count). The van der Waals surface area contributed by atoms with Gasteiger partial charge < -0.3 is 0 Å². The zero-order valence-electron chi connectivity index (χ0n) is 22.8. The summed E-state index contributed by atoms with van der Waals surface area (Å²) in [5.41, 5.74) is 9.07. The summed E-state index contributed by atoms with van der Waals surface area (Å²) in [6.07, 6.45) is 1.94. The average molecular weight is 603 g/mol. The molecule has 3 aliphatic rings. The molecular formula is C33H22N4S4. The average Bonchev–Trinajstić information content (AvgIpc) is 3.75. The molecule has 198 valence electrons. The summed E-state index contributed by atoms with van der Waals surface area (Å²) in [6.45, 7) is 24.7. The molecule has 0 saturated heterocycles. The van der Waals surface area contributed by atoms with Crippen LogP contribution in [-0.4, -0.2) is 0 Å². The summed E-state index contributed by atoms with van der Waals surface area (Å²) in [5.74, 6) is 0.845. The summed E-state index contributed by atoms with van der Waals surface area (Å²) < 4.78 is 0. The summed E-state index contributed by atoms with van der Waals surface area (Å²) in [7, 11) is 0. The van der Waals surface area contributed by atoms with Gasteiger partial charge in [-0.2, -0.15) is 0 Å². The van der Waals surface area contributed by atoms with E-state index in [1.807, 2.05) is 0 Å². The van der Waals surface area contributed by atoms with Gasteiger partial charge in [-0.15, -0.1) is 45.3 Å². The Bertz CT molecular complexity index is 1880. The summed E-state index contributed by atoms with van der Waals surface area (Å²) in [6, 6.07) is 8.69. The van der Waals surface area contributed by atoms with Crippen LogP contribution >= 0.6 is 45.3 Å². The molecule has 0 aromatic carbocycles. The molecule has 4 aromatic heterocycles. The molecule has 0 spiro atoms. The third kappa shape index (κ3) is 3.26. The van der Waals surface area contributed by atoms with Gasteiger partial charge in [-0.1, -0.05) is 27.7 Å². The number of allylic oxidation sites excluding steroid dienone is 2. The number of thiophene rings is 4. The molecule has 3 aliphatic carbocycles. The van der Waals surface area contributed by atoms with Crippen molar-refractivity contribution in [2.75, 3.05) is 0 Å². The molecule has 0 saturated carbocycles. The lowest BCUT2D eigenvalue weighted by Crippen LogP contribution is -2.30. The van der Waals surface area contributed by atoms with Crippen LogP contribution in [0.25, 0.3) is 52.8 Å². The van der Waals surface area contributed by atoms with E-state index in [4.69, 9.17) is 13.1 Å². The Balaban J connectivity index is 1.65. The predicted octanol–water partition coefficient (Wildman–Crippen LogP) is 10.7. The highest BCUT2D eigenvalue weighted by Crippen LogP contribution is 2.71. The molecular weight excluding hydrogens is 581 g/mol. The molecule has 0 fully saturated rings. The number of nitrogens with zero attached hydrogens (tertiary/aromatic N) is 4. The second-order valence-electron chi connectivity index (χ2n) is 11.5. The predicted molar refractivity (Wildman–Crippen MR) is 170 cm³/mol. The standard InChI is InChI=1S/C33H22N4S4/c1-15(2)11-33(12-16(3)4)25-21-17-7-9-38-27(17)23(19(13-34)36-5)29(21)40-31(25)32-26(33)22-18-8-10-39-28(18)24(30(22)41-32)20(14-35)37-6/h7-10,15-16H,11-12H2,1-4H3/b23-19-,24-20+. The maximum atomic E-state index is 9.94. The first-order valence-electron chi connectivity index (χ1n) is 13.4. The van der Waals surface area contributed by atoms with Gasteiger partial charge in [0.2, 0.25) is 0 Å². The van der Waals surface area contributed by atoms with Crippen molar-refractivity contribution in [3.8, 4) is 44.1 Å². The summed E-state index contributed by atoms with van der Waals surface area (Å²) in [5, 5.41) is 24.0. The first kappa shape index (κ1) is 26.2. The molecule has 4 nitrogen and oxygen atoms in total. The molecule has 0 atom stereocenters. The second kappa shape index (κ2) is 9.12. The van der Waals surface area contributed by atoms with Crippen LogP contribution in [0, 0.1) is 47.6 Å². The molecule has 8 heteroatoms. The Morgan fingerprint density at radius 2 is 1.15 bits per heavy atom. The molecule has 0 radical (unpaired) electrons. The van der Waals surface area contributed by atoms with Gasteiger partial charge in [0.05, 0.1) is 25.3 Å². The van der Waals surface area contributed by atoms with E-state index in [0.717, 1.165) is 54.6 Å². The Morgan fingerprint density at radius 3 is 1.49 bits per heavy atom. The zero-order valence-corrected chi connectivity index (χ0v) is 26.1. The summed E-state index contributed by atoms with van der Waals surface area (Å²) in [4.78, 5) is 13.9. The van der Waals surface area contributed by atoms with Gasteiger partial charge in [0, 0.05) is 68.1 Å². The van der Waals surface area contributed by atoms with Gasteiger partial charge >= 0.3 is 0 Å². The van der Waals surface area contributed by atoms with Gasteiger partial charge in [-0.25, -0.2) is 20.2 Å². The fourth-order valence-electron chi connectivity index (χ4n) is 7.28. The number of hydrogen-bond donors (Lipinski definition) is 0. The van der Waals surface area contributed by atoms with Crippen molar-refractivity contribution >= 4 is 56.5 Å². The maximum Gasteiger partial charge on any atom is 0.271 e. The highest BCUT2D eigenvalue weighted by Gasteiger charge is 2.54. The van der Waals surface area contributed by atoms with Crippen LogP contribution in [0.15, 0.2) is 34.3 Å². The van der Waals surface area contributed by atoms with Crippen molar-refractivity contribution in [1.29, 1.82) is 10.5 Å². The molecule has 41 heavy (non-hydrogen) atoms. The first-order chi connectivity index (χ1) is 19.8. The lowest BCUT2D eigenvalue weighted by Gasteiger charge is -2.36. The first-order valence-corrected chi connectivity index (χ1v) is 16.8. The van der Waals surface area contributed by atoms with E-state index in [-0.39, 0.29) is 16.8 Å². The molecule has 0 unspecified atom stereocenters. The lowest BCUT2D eigenvalue weighted by molar-refractivity contribution is 0.339. The molecule has 0 aliphatic heterocycles. The largest absolute Gasteiger partial charge is 0.271 e. The minimum Gasteiger partial charge on any atom is -0.226 e. The lowest BCUT2D eigenvalue weighted by atomic mass is 9.66. The van der Waals surface area contributed by atoms with E-state index in [9.17, 15) is 10.5 Å². The highest BCUT2D eigenvalue weighted by atomic mass is 32.1. The molecule has 4 aromatic rings. The highest BCUT2D eigenvalue weighted by molar-refractivity contribution is 7.25. The number of hydrogen-bond acceptors (Lipinski definition) is 6. The zero-order chi connectivity index (χ0) is 28.8. The van der Waals surface area contributed by atoms with Gasteiger partial charge in [0.25, 0.3) is 11.4 Å². The van der Waals surface area contributed by atoms with E-state index in [1.165, 1.54) is 32.0 Å². The van der Waals surface area contributed by atoms with Crippen LogP contribution in [0.4, 0.5) is 0 Å². The van der Waals surface area contributed by atoms with Crippen molar-refractivity contribution in [2.24, 2.45) is 11.8 Å². The Kier molecular flexibility index (Phi) is 5.82. The van der Waals surface area contributed by atoms with Crippen molar-refractivity contribution in [2.45, 2.75) is 46.0 Å². The van der Waals surface area contributed by atoms with E-state index in [2.05, 4.69) is 72.4 Å². The number of rotatable bonds is 4. The van der Waals surface area contributed by atoms with Gasteiger partial charge in [-0.3, -0.25) is 0 Å². The minimum absolute atomic E-state index is 0.156. The second-order valence-corrected chi connectivity index (χ2v) is 15.4.